The Balaban J connectivity index is 1.58. The Kier molecular flexibility index (Phi) is 4.99. The van der Waals surface area contributed by atoms with Gasteiger partial charge in [0.1, 0.15) is 17.3 Å². The maximum Gasteiger partial charge on any atom is 0.270 e. The van der Waals surface area contributed by atoms with Crippen LogP contribution in [0.1, 0.15) is 5.76 Å². The van der Waals surface area contributed by atoms with Gasteiger partial charge in [0.25, 0.3) is 11.6 Å². The molecule has 144 valence electrons. The van der Waals surface area contributed by atoms with Gasteiger partial charge in [-0.2, -0.15) is 0 Å². The minimum absolute atomic E-state index is 0.0707. The van der Waals surface area contributed by atoms with Gasteiger partial charge < -0.3 is 4.42 Å². The van der Waals surface area contributed by atoms with Gasteiger partial charge in [0.15, 0.2) is 4.32 Å². The second-order valence-electron chi connectivity index (χ2n) is 6.00. The molecule has 4 rings (SSSR count). The highest BCUT2D eigenvalue weighted by Crippen LogP contribution is 2.37. The highest BCUT2D eigenvalue weighted by Gasteiger charge is 2.33. The van der Waals surface area contributed by atoms with Crippen molar-refractivity contribution in [3.05, 3.63) is 87.3 Å². The second kappa shape index (κ2) is 7.61. The number of hydrogen-bond donors (Lipinski definition) is 0. The minimum Gasteiger partial charge on any atom is -0.457 e. The number of amides is 1. The van der Waals surface area contributed by atoms with Gasteiger partial charge in [0.05, 0.1) is 15.5 Å². The molecular weight excluding hydrogens is 415 g/mol. The lowest BCUT2D eigenvalue weighted by molar-refractivity contribution is -0.384. The number of non-ortho nitro benzene ring substituents is 1. The summed E-state index contributed by atoms with van der Waals surface area (Å²) in [6.45, 7) is 0. The van der Waals surface area contributed by atoms with Crippen LogP contribution in [-0.4, -0.2) is 15.2 Å². The molecule has 0 N–H and O–H groups in total. The first-order chi connectivity index (χ1) is 13.9. The highest BCUT2D eigenvalue weighted by molar-refractivity contribution is 8.27. The summed E-state index contributed by atoms with van der Waals surface area (Å²) in [6, 6.07) is 14.9. The summed E-state index contributed by atoms with van der Waals surface area (Å²) in [5.41, 5.74) is 1.09. The number of halogens is 1. The number of nitro benzene ring substituents is 1. The molecule has 1 aliphatic rings. The Morgan fingerprint density at radius 2 is 1.76 bits per heavy atom. The monoisotopic (exact) mass is 426 g/mol. The molecule has 0 saturated carbocycles. The fourth-order valence-electron chi connectivity index (χ4n) is 2.74. The van der Waals surface area contributed by atoms with Gasteiger partial charge in [0.2, 0.25) is 0 Å². The van der Waals surface area contributed by atoms with E-state index in [4.69, 9.17) is 16.6 Å². The van der Waals surface area contributed by atoms with Crippen LogP contribution >= 0.6 is 24.0 Å². The maximum absolute atomic E-state index is 13.1. The molecule has 0 unspecified atom stereocenters. The maximum atomic E-state index is 13.1. The number of thiocarbonyl (C=S) groups is 1. The van der Waals surface area contributed by atoms with Gasteiger partial charge in [-0.3, -0.25) is 19.8 Å². The normalized spacial score (nSPS) is 15.3. The number of carbonyl (C=O) groups is 1. The van der Waals surface area contributed by atoms with E-state index >= 15 is 0 Å². The number of benzene rings is 2. The van der Waals surface area contributed by atoms with E-state index in [1.165, 1.54) is 41.3 Å². The summed E-state index contributed by atoms with van der Waals surface area (Å²) in [5.74, 6) is 0.319. The van der Waals surface area contributed by atoms with Crippen LogP contribution in [0.2, 0.25) is 0 Å². The number of thioether (sulfide) groups is 1. The second-order valence-corrected chi connectivity index (χ2v) is 7.68. The largest absolute Gasteiger partial charge is 0.457 e. The van der Waals surface area contributed by atoms with E-state index in [1.807, 2.05) is 0 Å². The van der Waals surface area contributed by atoms with Crippen LogP contribution < -0.4 is 4.90 Å². The molecule has 1 fully saturated rings. The van der Waals surface area contributed by atoms with E-state index in [-0.39, 0.29) is 17.4 Å². The topological polar surface area (TPSA) is 76.6 Å². The number of anilines is 1. The molecule has 2 heterocycles. The van der Waals surface area contributed by atoms with Gasteiger partial charge >= 0.3 is 0 Å². The lowest BCUT2D eigenvalue weighted by atomic mass is 10.2. The molecule has 0 aliphatic carbocycles. The zero-order chi connectivity index (χ0) is 20.5. The van der Waals surface area contributed by atoms with Gasteiger partial charge in [0, 0.05) is 23.8 Å². The van der Waals surface area contributed by atoms with Crippen LogP contribution in [0.25, 0.3) is 17.4 Å². The smallest absolute Gasteiger partial charge is 0.270 e. The molecule has 2 aromatic carbocycles. The molecule has 29 heavy (non-hydrogen) atoms. The standard InChI is InChI=1S/C20H11FN2O4S2/c21-13-3-1-12(2-4-13)17-10-9-16(27-17)11-18-19(24)22(20(28)29-18)14-5-7-15(8-6-14)23(25)26/h1-11H/b18-11-. The zero-order valence-electron chi connectivity index (χ0n) is 14.6. The molecular formula is C20H11FN2O4S2. The number of nitrogens with zero attached hydrogens (tertiary/aromatic N) is 2. The van der Waals surface area contributed by atoms with E-state index in [9.17, 15) is 19.3 Å². The van der Waals surface area contributed by atoms with Crippen molar-refractivity contribution in [2.45, 2.75) is 0 Å². The van der Waals surface area contributed by atoms with Crippen molar-refractivity contribution in [2.24, 2.45) is 0 Å². The Hall–Kier alpha value is -3.30. The lowest BCUT2D eigenvalue weighted by Crippen LogP contribution is -2.27. The summed E-state index contributed by atoms with van der Waals surface area (Å²) in [4.78, 5) is 24.8. The SMILES string of the molecule is O=C1/C(=C/c2ccc(-c3ccc(F)cc3)o2)SC(=S)N1c1ccc([N+](=O)[O-])cc1. The van der Waals surface area contributed by atoms with Gasteiger partial charge in [-0.05, 0) is 48.5 Å². The highest BCUT2D eigenvalue weighted by atomic mass is 32.2. The van der Waals surface area contributed by atoms with E-state index in [0.717, 1.165) is 11.8 Å². The average Bonchev–Trinajstić information content (AvgIpc) is 3.27. The fourth-order valence-corrected chi connectivity index (χ4v) is 4.02. The Bertz CT molecular complexity index is 1150. The van der Waals surface area contributed by atoms with Crippen LogP contribution in [0, 0.1) is 15.9 Å². The third-order valence-electron chi connectivity index (χ3n) is 4.14. The summed E-state index contributed by atoms with van der Waals surface area (Å²) in [5, 5.41) is 10.8. The van der Waals surface area contributed by atoms with Crippen molar-refractivity contribution >= 4 is 51.7 Å². The number of hydrogen-bond acceptors (Lipinski definition) is 6. The Morgan fingerprint density at radius 3 is 2.41 bits per heavy atom. The molecule has 9 heteroatoms. The third-order valence-corrected chi connectivity index (χ3v) is 5.44. The summed E-state index contributed by atoms with van der Waals surface area (Å²) >= 11 is 6.41. The molecule has 1 aromatic heterocycles. The van der Waals surface area contributed by atoms with Crippen molar-refractivity contribution in [1.29, 1.82) is 0 Å². The molecule has 0 radical (unpaired) electrons. The molecule has 1 amide bonds. The van der Waals surface area contributed by atoms with Crippen molar-refractivity contribution < 1.29 is 18.5 Å². The number of carbonyl (C=O) groups excluding carboxylic acids is 1. The van der Waals surface area contributed by atoms with E-state index in [1.54, 1.807) is 30.3 Å². The summed E-state index contributed by atoms with van der Waals surface area (Å²) in [7, 11) is 0. The first-order valence-electron chi connectivity index (χ1n) is 8.30. The minimum atomic E-state index is -0.510. The van der Waals surface area contributed by atoms with Crippen LogP contribution in [0.4, 0.5) is 15.8 Å². The van der Waals surface area contributed by atoms with Gasteiger partial charge in [-0.25, -0.2) is 4.39 Å². The van der Waals surface area contributed by atoms with Crippen molar-refractivity contribution in [1.82, 2.24) is 0 Å². The summed E-state index contributed by atoms with van der Waals surface area (Å²) in [6.07, 6.45) is 1.58. The van der Waals surface area contributed by atoms with Crippen LogP contribution in [0.5, 0.6) is 0 Å². The fraction of sp³-hybridized carbons (Fsp3) is 0. The quantitative estimate of drug-likeness (QED) is 0.241. The summed E-state index contributed by atoms with van der Waals surface area (Å²) < 4.78 is 19.1. The molecule has 3 aromatic rings. The van der Waals surface area contributed by atoms with E-state index < -0.39 is 4.92 Å². The molecule has 1 saturated heterocycles. The number of nitro groups is 1. The molecule has 0 atom stereocenters. The lowest BCUT2D eigenvalue weighted by Gasteiger charge is -2.13. The van der Waals surface area contributed by atoms with E-state index in [2.05, 4.69) is 0 Å². The van der Waals surface area contributed by atoms with Crippen molar-refractivity contribution in [2.75, 3.05) is 4.90 Å². The van der Waals surface area contributed by atoms with E-state index in [0.29, 0.717) is 32.0 Å². The van der Waals surface area contributed by atoms with Gasteiger partial charge in [-0.15, -0.1) is 0 Å². The molecule has 6 nitrogen and oxygen atoms in total. The number of furan rings is 1. The van der Waals surface area contributed by atoms with Gasteiger partial charge in [-0.1, -0.05) is 24.0 Å². The first-order valence-corrected chi connectivity index (χ1v) is 9.53. The van der Waals surface area contributed by atoms with Crippen molar-refractivity contribution in [3.63, 3.8) is 0 Å². The molecule has 0 bridgehead atoms. The van der Waals surface area contributed by atoms with Crippen molar-refractivity contribution in [3.8, 4) is 11.3 Å². The van der Waals surface area contributed by atoms with Crippen LogP contribution in [0.3, 0.4) is 0 Å². The Morgan fingerprint density at radius 1 is 1.07 bits per heavy atom. The van der Waals surface area contributed by atoms with Crippen LogP contribution in [-0.2, 0) is 4.79 Å². The predicted octanol–water partition coefficient (Wildman–Crippen LogP) is 5.40. The number of rotatable bonds is 4. The average molecular weight is 426 g/mol. The molecule has 0 spiro atoms. The Labute approximate surface area is 173 Å². The zero-order valence-corrected chi connectivity index (χ0v) is 16.2. The third kappa shape index (κ3) is 3.82. The first kappa shape index (κ1) is 19.0. The predicted molar refractivity (Wildman–Crippen MR) is 113 cm³/mol. The van der Waals surface area contributed by atoms with Crippen LogP contribution in [0.15, 0.2) is 70.0 Å². The molecule has 1 aliphatic heterocycles.